The molecule has 1 fully saturated rings. The molecule has 2 unspecified atom stereocenters. The summed E-state index contributed by atoms with van der Waals surface area (Å²) < 4.78 is 0. The molecule has 2 heterocycles. The average molecular weight is 356 g/mol. The van der Waals surface area contributed by atoms with Crippen LogP contribution in [-0.4, -0.2) is 41.0 Å². The Morgan fingerprint density at radius 2 is 1.88 bits per heavy atom. The quantitative estimate of drug-likeness (QED) is 0.855. The maximum atomic E-state index is 12.6. The lowest BCUT2D eigenvalue weighted by molar-refractivity contribution is -0.121. The van der Waals surface area contributed by atoms with Crippen molar-refractivity contribution in [3.05, 3.63) is 35.5 Å². The second-order valence-corrected chi connectivity index (χ2v) is 8.89. The molecule has 0 spiro atoms. The first-order valence-electron chi connectivity index (χ1n) is 9.84. The Bertz CT molecular complexity index is 767. The van der Waals surface area contributed by atoms with Gasteiger partial charge in [0.1, 0.15) is 0 Å². The molecule has 142 valence electrons. The van der Waals surface area contributed by atoms with Crippen LogP contribution in [0.3, 0.4) is 0 Å². The van der Waals surface area contributed by atoms with Crippen molar-refractivity contribution in [1.82, 2.24) is 15.2 Å². The Kier molecular flexibility index (Phi) is 5.42. The second-order valence-electron chi connectivity index (χ2n) is 8.89. The highest BCUT2D eigenvalue weighted by Gasteiger charge is 2.32. The molecule has 1 amide bonds. The highest BCUT2D eigenvalue weighted by molar-refractivity contribution is 5.90. The van der Waals surface area contributed by atoms with E-state index in [1.54, 1.807) is 0 Å². The molecule has 1 aliphatic heterocycles. The number of carbonyl (C=O) groups is 1. The van der Waals surface area contributed by atoms with Crippen LogP contribution in [0, 0.1) is 18.8 Å². The van der Waals surface area contributed by atoms with Crippen LogP contribution in [0.2, 0.25) is 0 Å². The van der Waals surface area contributed by atoms with Crippen LogP contribution >= 0.6 is 0 Å². The number of amides is 1. The zero-order valence-corrected chi connectivity index (χ0v) is 16.9. The number of nitrogens with zero attached hydrogens (tertiary/aromatic N) is 1. The van der Waals surface area contributed by atoms with E-state index in [1.165, 1.54) is 6.42 Å². The number of H-pyrrole nitrogens is 1. The van der Waals surface area contributed by atoms with Gasteiger partial charge in [-0.15, -0.1) is 0 Å². The predicted molar refractivity (Wildman–Crippen MR) is 108 cm³/mol. The molecule has 4 nitrogen and oxygen atoms in total. The van der Waals surface area contributed by atoms with Gasteiger partial charge in [0, 0.05) is 41.8 Å². The van der Waals surface area contributed by atoms with Crippen molar-refractivity contribution in [1.29, 1.82) is 0 Å². The minimum atomic E-state index is -0.0200. The Hall–Kier alpha value is -1.81. The van der Waals surface area contributed by atoms with E-state index in [2.05, 4.69) is 55.0 Å². The number of likely N-dealkylation sites (tertiary alicyclic amines) is 1. The predicted octanol–water partition coefficient (Wildman–Crippen LogP) is 3.89. The third-order valence-corrected chi connectivity index (χ3v) is 5.81. The summed E-state index contributed by atoms with van der Waals surface area (Å²) in [5, 5.41) is 4.34. The maximum Gasteiger partial charge on any atom is 0.224 e. The van der Waals surface area contributed by atoms with Crippen molar-refractivity contribution in [3.8, 4) is 0 Å². The lowest BCUT2D eigenvalue weighted by atomic mass is 9.88. The molecule has 1 aliphatic rings. The first-order valence-corrected chi connectivity index (χ1v) is 9.84. The first kappa shape index (κ1) is 19.0. The number of aromatic amines is 1. The molecule has 0 saturated carbocycles. The Labute approximate surface area is 157 Å². The molecule has 3 rings (SSSR count). The van der Waals surface area contributed by atoms with Crippen molar-refractivity contribution < 1.29 is 4.79 Å². The SMILES string of the molecule is Cc1[nH]c2ccccc2c1CC(=O)NCC(C)(C)N1CC(C)CC(C)C1. The summed E-state index contributed by atoms with van der Waals surface area (Å²) in [7, 11) is 0. The fourth-order valence-electron chi connectivity index (χ4n) is 4.37. The normalized spacial score (nSPS) is 21.9. The van der Waals surface area contributed by atoms with E-state index in [1.807, 2.05) is 19.1 Å². The maximum absolute atomic E-state index is 12.6. The molecule has 0 bridgehead atoms. The standard InChI is InChI=1S/C22H33N3O/c1-15-10-16(2)13-25(12-15)22(4,5)14-23-21(26)11-19-17(3)24-20-9-7-6-8-18(19)20/h6-9,15-16,24H,10-14H2,1-5H3,(H,23,26). The largest absolute Gasteiger partial charge is 0.358 e. The van der Waals surface area contributed by atoms with Crippen molar-refractivity contribution in [2.75, 3.05) is 19.6 Å². The van der Waals surface area contributed by atoms with Crippen molar-refractivity contribution >= 4 is 16.8 Å². The Morgan fingerprint density at radius 3 is 2.58 bits per heavy atom. The van der Waals surface area contributed by atoms with Gasteiger partial charge in [-0.3, -0.25) is 9.69 Å². The van der Waals surface area contributed by atoms with Gasteiger partial charge in [-0.1, -0.05) is 32.0 Å². The molecular weight excluding hydrogens is 322 g/mol. The van der Waals surface area contributed by atoms with Crippen LogP contribution in [0.15, 0.2) is 24.3 Å². The molecule has 1 aromatic carbocycles. The molecule has 1 saturated heterocycles. The van der Waals surface area contributed by atoms with E-state index in [0.29, 0.717) is 13.0 Å². The van der Waals surface area contributed by atoms with E-state index < -0.39 is 0 Å². The molecule has 2 aromatic rings. The second kappa shape index (κ2) is 7.43. The van der Waals surface area contributed by atoms with Crippen molar-refractivity contribution in [2.24, 2.45) is 11.8 Å². The summed E-state index contributed by atoms with van der Waals surface area (Å²) in [4.78, 5) is 18.5. The topological polar surface area (TPSA) is 48.1 Å². The highest BCUT2D eigenvalue weighted by atomic mass is 16.1. The third kappa shape index (κ3) is 4.12. The van der Waals surface area contributed by atoms with Crippen LogP contribution < -0.4 is 5.32 Å². The van der Waals surface area contributed by atoms with Crippen LogP contribution in [-0.2, 0) is 11.2 Å². The van der Waals surface area contributed by atoms with Gasteiger partial charge in [0.05, 0.1) is 6.42 Å². The highest BCUT2D eigenvalue weighted by Crippen LogP contribution is 2.27. The van der Waals surface area contributed by atoms with Gasteiger partial charge in [-0.2, -0.15) is 0 Å². The Balaban J connectivity index is 1.62. The fourth-order valence-corrected chi connectivity index (χ4v) is 4.37. The van der Waals surface area contributed by atoms with Crippen LogP contribution in [0.25, 0.3) is 10.9 Å². The number of hydrogen-bond donors (Lipinski definition) is 2. The smallest absolute Gasteiger partial charge is 0.224 e. The van der Waals surface area contributed by atoms with Gasteiger partial charge < -0.3 is 10.3 Å². The fraction of sp³-hybridized carbons (Fsp3) is 0.591. The molecule has 2 N–H and O–H groups in total. The monoisotopic (exact) mass is 355 g/mol. The number of para-hydroxylation sites is 1. The third-order valence-electron chi connectivity index (χ3n) is 5.81. The lowest BCUT2D eigenvalue weighted by Crippen LogP contribution is -2.56. The van der Waals surface area contributed by atoms with E-state index in [0.717, 1.165) is 47.1 Å². The first-order chi connectivity index (χ1) is 12.3. The molecule has 1 aromatic heterocycles. The van der Waals surface area contributed by atoms with Crippen LogP contribution in [0.1, 0.15) is 45.4 Å². The summed E-state index contributed by atoms with van der Waals surface area (Å²) in [6, 6.07) is 8.19. The molecule has 0 aliphatic carbocycles. The summed E-state index contributed by atoms with van der Waals surface area (Å²) in [6.07, 6.45) is 1.73. The Morgan fingerprint density at radius 1 is 1.23 bits per heavy atom. The summed E-state index contributed by atoms with van der Waals surface area (Å²) in [5.41, 5.74) is 3.27. The van der Waals surface area contributed by atoms with E-state index >= 15 is 0 Å². The van der Waals surface area contributed by atoms with Gasteiger partial charge in [0.25, 0.3) is 0 Å². The summed E-state index contributed by atoms with van der Waals surface area (Å²) in [6.45, 7) is 14.1. The number of aryl methyl sites for hydroxylation is 1. The van der Waals surface area contributed by atoms with Gasteiger partial charge >= 0.3 is 0 Å². The lowest BCUT2D eigenvalue weighted by Gasteiger charge is -2.45. The van der Waals surface area contributed by atoms with Gasteiger partial charge in [-0.05, 0) is 50.7 Å². The van der Waals surface area contributed by atoms with Gasteiger partial charge in [0.15, 0.2) is 0 Å². The van der Waals surface area contributed by atoms with Crippen LogP contribution in [0.4, 0.5) is 0 Å². The number of rotatable bonds is 5. The number of carbonyl (C=O) groups excluding carboxylic acids is 1. The van der Waals surface area contributed by atoms with Crippen LogP contribution in [0.5, 0.6) is 0 Å². The zero-order valence-electron chi connectivity index (χ0n) is 16.9. The number of aromatic nitrogens is 1. The molecule has 0 radical (unpaired) electrons. The molecular formula is C22H33N3O. The van der Waals surface area contributed by atoms with Crippen molar-refractivity contribution in [2.45, 2.75) is 53.0 Å². The molecule has 2 atom stereocenters. The summed E-state index contributed by atoms with van der Waals surface area (Å²) >= 11 is 0. The average Bonchev–Trinajstić information content (AvgIpc) is 2.88. The molecule has 4 heteroatoms. The number of benzene rings is 1. The van der Waals surface area contributed by atoms with Gasteiger partial charge in [0.2, 0.25) is 5.91 Å². The number of piperidine rings is 1. The van der Waals surface area contributed by atoms with Gasteiger partial charge in [-0.25, -0.2) is 0 Å². The number of nitrogens with one attached hydrogen (secondary N) is 2. The minimum absolute atomic E-state index is 0.0200. The number of fused-ring (bicyclic) bond motifs is 1. The number of hydrogen-bond acceptors (Lipinski definition) is 2. The van der Waals surface area contributed by atoms with E-state index in [-0.39, 0.29) is 11.4 Å². The minimum Gasteiger partial charge on any atom is -0.358 e. The molecule has 26 heavy (non-hydrogen) atoms. The van der Waals surface area contributed by atoms with Crippen molar-refractivity contribution in [3.63, 3.8) is 0 Å². The zero-order chi connectivity index (χ0) is 18.9. The summed E-state index contributed by atoms with van der Waals surface area (Å²) in [5.74, 6) is 1.55. The van der Waals surface area contributed by atoms with E-state index in [4.69, 9.17) is 0 Å². The van der Waals surface area contributed by atoms with E-state index in [9.17, 15) is 4.79 Å².